The Balaban J connectivity index is 1.14. The first-order chi connectivity index (χ1) is 30.6. The zero-order chi connectivity index (χ0) is 41.8. The van der Waals surface area contributed by atoms with Crippen molar-refractivity contribution in [2.45, 2.75) is 13.8 Å². The molecule has 0 aliphatic rings. The first-order valence-corrected chi connectivity index (χ1v) is 20.9. The van der Waals surface area contributed by atoms with E-state index in [2.05, 4.69) is 198 Å². The van der Waals surface area contributed by atoms with Crippen molar-refractivity contribution >= 4 is 0 Å². The fraction of sp³-hybridized carbons (Fsp3) is 0.0345. The lowest BCUT2D eigenvalue weighted by atomic mass is 9.85. The summed E-state index contributed by atoms with van der Waals surface area (Å²) in [6, 6.07) is 69.3. The molecule has 7 aromatic carbocycles. The molecule has 4 heteroatoms. The van der Waals surface area contributed by atoms with E-state index in [1.165, 1.54) is 44.5 Å². The molecule has 0 saturated carbocycles. The zero-order valence-electron chi connectivity index (χ0n) is 34.6. The van der Waals surface area contributed by atoms with Crippen LogP contribution < -0.4 is 0 Å². The van der Waals surface area contributed by atoms with Crippen LogP contribution in [0.1, 0.15) is 11.1 Å². The van der Waals surface area contributed by atoms with Gasteiger partial charge in [0.1, 0.15) is 0 Å². The predicted molar refractivity (Wildman–Crippen MR) is 256 cm³/mol. The maximum atomic E-state index is 4.63. The van der Waals surface area contributed by atoms with Gasteiger partial charge in [-0.3, -0.25) is 9.97 Å². The molecule has 0 amide bonds. The van der Waals surface area contributed by atoms with Gasteiger partial charge in [0.25, 0.3) is 0 Å². The second kappa shape index (κ2) is 16.9. The van der Waals surface area contributed by atoms with E-state index in [1.807, 2.05) is 42.7 Å². The Morgan fingerprint density at radius 3 is 1.02 bits per heavy atom. The van der Waals surface area contributed by atoms with Gasteiger partial charge in [-0.2, -0.15) is 0 Å². The van der Waals surface area contributed by atoms with E-state index < -0.39 is 0 Å². The fourth-order valence-electron chi connectivity index (χ4n) is 8.58. The van der Waals surface area contributed by atoms with Crippen LogP contribution in [0.25, 0.3) is 101 Å². The molecule has 0 bridgehead atoms. The topological polar surface area (TPSA) is 51.6 Å². The molecular weight excluding hydrogens is 753 g/mol. The van der Waals surface area contributed by atoms with Gasteiger partial charge in [0.2, 0.25) is 0 Å². The van der Waals surface area contributed by atoms with E-state index in [4.69, 9.17) is 0 Å². The molecule has 294 valence electrons. The van der Waals surface area contributed by atoms with Crippen molar-refractivity contribution in [3.05, 3.63) is 230 Å². The van der Waals surface area contributed by atoms with Gasteiger partial charge < -0.3 is 0 Å². The number of pyridine rings is 2. The van der Waals surface area contributed by atoms with Gasteiger partial charge in [0.15, 0.2) is 5.82 Å². The number of benzene rings is 7. The summed E-state index contributed by atoms with van der Waals surface area (Å²) >= 11 is 0. The second-order valence-electron chi connectivity index (χ2n) is 15.6. The lowest BCUT2D eigenvalue weighted by Crippen LogP contribution is -1.94. The van der Waals surface area contributed by atoms with Crippen LogP contribution in [-0.2, 0) is 0 Å². The third-order valence-corrected chi connectivity index (χ3v) is 11.6. The van der Waals surface area contributed by atoms with Crippen molar-refractivity contribution in [1.29, 1.82) is 0 Å². The van der Waals surface area contributed by atoms with Crippen molar-refractivity contribution in [2.24, 2.45) is 0 Å². The number of rotatable bonds is 9. The van der Waals surface area contributed by atoms with Crippen LogP contribution in [0.3, 0.4) is 0 Å². The monoisotopic (exact) mass is 794 g/mol. The maximum absolute atomic E-state index is 4.63. The molecule has 0 unspecified atom stereocenters. The Labute approximate surface area is 363 Å². The molecule has 4 nitrogen and oxygen atoms in total. The minimum absolute atomic E-state index is 0.713. The van der Waals surface area contributed by atoms with E-state index in [-0.39, 0.29) is 0 Å². The molecule has 0 aliphatic heterocycles. The van der Waals surface area contributed by atoms with Crippen LogP contribution in [0.5, 0.6) is 0 Å². The van der Waals surface area contributed by atoms with E-state index in [0.29, 0.717) is 5.82 Å². The highest BCUT2D eigenvalue weighted by Crippen LogP contribution is 2.43. The standard InChI is InChI=1S/C58H42N4/c1-39-34-43(56-20-9-11-30-59-56)26-28-48(39)54-18-7-5-16-52(54)46-36-45(51-15-4-3-14-50(51)41-22-24-42(25-23-41)58-61-32-13-33-62-58)37-47(38-46)53-17-6-8-19-55(53)49-29-27-44(35-40(49)2)57-21-10-12-31-60-57/h3-38H,1-2H3. The third kappa shape index (κ3) is 7.62. The molecule has 0 aliphatic carbocycles. The molecule has 62 heavy (non-hydrogen) atoms. The van der Waals surface area contributed by atoms with Crippen LogP contribution in [-0.4, -0.2) is 19.9 Å². The van der Waals surface area contributed by atoms with Gasteiger partial charge in [-0.1, -0.05) is 133 Å². The lowest BCUT2D eigenvalue weighted by Gasteiger charge is -2.19. The maximum Gasteiger partial charge on any atom is 0.159 e. The molecule has 0 N–H and O–H groups in total. The van der Waals surface area contributed by atoms with E-state index in [9.17, 15) is 0 Å². The summed E-state index contributed by atoms with van der Waals surface area (Å²) in [6.07, 6.45) is 7.26. The molecule has 0 spiro atoms. The number of nitrogens with zero attached hydrogens (tertiary/aromatic N) is 4. The summed E-state index contributed by atoms with van der Waals surface area (Å²) in [6.45, 7) is 4.40. The highest BCUT2D eigenvalue weighted by atomic mass is 14.8. The summed E-state index contributed by atoms with van der Waals surface area (Å²) in [4.78, 5) is 18.2. The molecule has 10 rings (SSSR count). The molecule has 0 atom stereocenters. The molecule has 3 aromatic heterocycles. The predicted octanol–water partition coefficient (Wildman–Crippen LogP) is 14.9. The highest BCUT2D eigenvalue weighted by Gasteiger charge is 2.18. The van der Waals surface area contributed by atoms with Gasteiger partial charge in [0, 0.05) is 41.5 Å². The smallest absolute Gasteiger partial charge is 0.159 e. The van der Waals surface area contributed by atoms with Gasteiger partial charge in [0.05, 0.1) is 11.4 Å². The first kappa shape index (κ1) is 38.1. The van der Waals surface area contributed by atoms with Gasteiger partial charge >= 0.3 is 0 Å². The average Bonchev–Trinajstić information content (AvgIpc) is 3.35. The van der Waals surface area contributed by atoms with Crippen molar-refractivity contribution in [1.82, 2.24) is 19.9 Å². The second-order valence-corrected chi connectivity index (χ2v) is 15.6. The lowest BCUT2D eigenvalue weighted by molar-refractivity contribution is 1.18. The number of aromatic nitrogens is 4. The zero-order valence-corrected chi connectivity index (χ0v) is 34.6. The Morgan fingerprint density at radius 1 is 0.242 bits per heavy atom. The Morgan fingerprint density at radius 2 is 0.597 bits per heavy atom. The van der Waals surface area contributed by atoms with E-state index in [1.54, 1.807) is 12.4 Å². The van der Waals surface area contributed by atoms with Crippen molar-refractivity contribution in [3.63, 3.8) is 0 Å². The number of hydrogen-bond donors (Lipinski definition) is 0. The van der Waals surface area contributed by atoms with E-state index >= 15 is 0 Å². The minimum atomic E-state index is 0.713. The van der Waals surface area contributed by atoms with Crippen LogP contribution >= 0.6 is 0 Å². The Kier molecular flexibility index (Phi) is 10.4. The SMILES string of the molecule is Cc1cc(-c2ccccn2)ccc1-c1ccccc1-c1cc(-c2ccccc2-c2ccc(-c3ncccn3)cc2)cc(-c2ccccc2-c2ccc(-c3ccccn3)cc2C)c1. The van der Waals surface area contributed by atoms with Crippen LogP contribution in [0.2, 0.25) is 0 Å². The largest absolute Gasteiger partial charge is 0.256 e. The quantitative estimate of drug-likeness (QED) is 0.146. The van der Waals surface area contributed by atoms with Crippen LogP contribution in [0.4, 0.5) is 0 Å². The fourth-order valence-corrected chi connectivity index (χ4v) is 8.58. The summed E-state index contributed by atoms with van der Waals surface area (Å²) in [5.74, 6) is 0.713. The van der Waals surface area contributed by atoms with Gasteiger partial charge in [-0.25, -0.2) is 9.97 Å². The Bertz CT molecular complexity index is 3030. The van der Waals surface area contributed by atoms with Gasteiger partial charge in [-0.05, 0) is 152 Å². The molecule has 3 heterocycles. The molecule has 0 radical (unpaired) electrons. The molecule has 0 fully saturated rings. The minimum Gasteiger partial charge on any atom is -0.256 e. The average molecular weight is 795 g/mol. The van der Waals surface area contributed by atoms with Gasteiger partial charge in [-0.15, -0.1) is 0 Å². The molecular formula is C58H42N4. The Hall–Kier alpha value is -8.08. The summed E-state index contributed by atoms with van der Waals surface area (Å²) in [7, 11) is 0. The van der Waals surface area contributed by atoms with Crippen LogP contribution in [0, 0.1) is 13.8 Å². The summed E-state index contributed by atoms with van der Waals surface area (Å²) in [5, 5.41) is 0. The van der Waals surface area contributed by atoms with E-state index in [0.717, 1.165) is 61.5 Å². The summed E-state index contributed by atoms with van der Waals surface area (Å²) in [5.41, 5.74) is 21.5. The number of aryl methyl sites for hydroxylation is 2. The van der Waals surface area contributed by atoms with Crippen molar-refractivity contribution < 1.29 is 0 Å². The first-order valence-electron chi connectivity index (χ1n) is 20.9. The summed E-state index contributed by atoms with van der Waals surface area (Å²) < 4.78 is 0. The number of hydrogen-bond acceptors (Lipinski definition) is 4. The molecule has 10 aromatic rings. The normalized spacial score (nSPS) is 11.1. The van der Waals surface area contributed by atoms with Crippen molar-refractivity contribution in [2.75, 3.05) is 0 Å². The van der Waals surface area contributed by atoms with Crippen LogP contribution in [0.15, 0.2) is 219 Å². The molecule has 0 saturated heterocycles. The van der Waals surface area contributed by atoms with Crippen molar-refractivity contribution in [3.8, 4) is 101 Å². The third-order valence-electron chi connectivity index (χ3n) is 11.6. The highest BCUT2D eigenvalue weighted by molar-refractivity contribution is 5.95.